The Hall–Kier alpha value is -0.120. The number of rotatable bonds is 7. The summed E-state index contributed by atoms with van der Waals surface area (Å²) in [5.41, 5.74) is 0. The first-order chi connectivity index (χ1) is 7.26. The van der Waals surface area contributed by atoms with Crippen LogP contribution in [0.25, 0.3) is 0 Å². The summed E-state index contributed by atoms with van der Waals surface area (Å²) in [5, 5.41) is 3.63. The number of hydrogen-bond acceptors (Lipinski definition) is 3. The molecule has 0 bridgehead atoms. The van der Waals surface area contributed by atoms with E-state index in [-0.39, 0.29) is 0 Å². The predicted molar refractivity (Wildman–Crippen MR) is 64.2 cm³/mol. The van der Waals surface area contributed by atoms with E-state index in [1.54, 1.807) is 7.11 Å². The average Bonchev–Trinajstić information content (AvgIpc) is 2.69. The molecule has 0 aromatic heterocycles. The molecule has 0 radical (unpaired) electrons. The van der Waals surface area contributed by atoms with Gasteiger partial charge in [-0.1, -0.05) is 6.92 Å². The Morgan fingerprint density at radius 2 is 2.00 bits per heavy atom. The SMILES string of the molecule is CCC(COC)NC(C)CN1CCCC1. The molecule has 1 aliphatic heterocycles. The van der Waals surface area contributed by atoms with Crippen molar-refractivity contribution in [1.82, 2.24) is 10.2 Å². The molecular formula is C12H26N2O. The van der Waals surface area contributed by atoms with Crippen molar-refractivity contribution in [2.24, 2.45) is 0 Å². The molecule has 0 saturated carbocycles. The summed E-state index contributed by atoms with van der Waals surface area (Å²) in [4.78, 5) is 2.55. The molecule has 3 nitrogen and oxygen atoms in total. The van der Waals surface area contributed by atoms with E-state index in [4.69, 9.17) is 4.74 Å². The fraction of sp³-hybridized carbons (Fsp3) is 1.00. The normalized spacial score (nSPS) is 21.8. The lowest BCUT2D eigenvalue weighted by Gasteiger charge is -2.25. The van der Waals surface area contributed by atoms with Crippen molar-refractivity contribution in [2.45, 2.75) is 45.2 Å². The Labute approximate surface area is 94.2 Å². The summed E-state index contributed by atoms with van der Waals surface area (Å²) in [6, 6.07) is 1.08. The van der Waals surface area contributed by atoms with Crippen molar-refractivity contribution in [3.05, 3.63) is 0 Å². The van der Waals surface area contributed by atoms with Crippen molar-refractivity contribution in [1.29, 1.82) is 0 Å². The van der Waals surface area contributed by atoms with Crippen LogP contribution in [0.4, 0.5) is 0 Å². The zero-order chi connectivity index (χ0) is 11.1. The third-order valence-corrected chi connectivity index (χ3v) is 3.11. The Balaban J connectivity index is 2.17. The molecule has 0 aromatic rings. The van der Waals surface area contributed by atoms with Gasteiger partial charge in [-0.05, 0) is 39.3 Å². The molecule has 1 heterocycles. The van der Waals surface area contributed by atoms with Crippen LogP contribution in [0.5, 0.6) is 0 Å². The summed E-state index contributed by atoms with van der Waals surface area (Å²) >= 11 is 0. The Morgan fingerprint density at radius 1 is 1.33 bits per heavy atom. The summed E-state index contributed by atoms with van der Waals surface area (Å²) < 4.78 is 5.19. The number of methoxy groups -OCH3 is 1. The molecule has 1 N–H and O–H groups in total. The molecule has 0 aliphatic carbocycles. The Bertz CT molecular complexity index is 158. The molecule has 15 heavy (non-hydrogen) atoms. The van der Waals surface area contributed by atoms with Gasteiger partial charge in [-0.25, -0.2) is 0 Å². The lowest BCUT2D eigenvalue weighted by molar-refractivity contribution is 0.154. The van der Waals surface area contributed by atoms with Gasteiger partial charge in [-0.15, -0.1) is 0 Å². The maximum absolute atomic E-state index is 5.19. The lowest BCUT2D eigenvalue weighted by Crippen LogP contribution is -2.44. The highest BCUT2D eigenvalue weighted by molar-refractivity contribution is 4.75. The van der Waals surface area contributed by atoms with Crippen molar-refractivity contribution in [3.63, 3.8) is 0 Å². The van der Waals surface area contributed by atoms with E-state index in [0.29, 0.717) is 12.1 Å². The van der Waals surface area contributed by atoms with Crippen LogP contribution in [-0.4, -0.2) is 50.3 Å². The highest BCUT2D eigenvalue weighted by atomic mass is 16.5. The minimum Gasteiger partial charge on any atom is -0.383 e. The minimum absolute atomic E-state index is 0.507. The second-order valence-electron chi connectivity index (χ2n) is 4.64. The highest BCUT2D eigenvalue weighted by Gasteiger charge is 2.16. The molecule has 2 unspecified atom stereocenters. The average molecular weight is 214 g/mol. The molecular weight excluding hydrogens is 188 g/mol. The lowest BCUT2D eigenvalue weighted by atomic mass is 10.2. The fourth-order valence-electron chi connectivity index (χ4n) is 2.29. The van der Waals surface area contributed by atoms with Crippen molar-refractivity contribution >= 4 is 0 Å². The quantitative estimate of drug-likeness (QED) is 0.695. The number of nitrogens with zero attached hydrogens (tertiary/aromatic N) is 1. The predicted octanol–water partition coefficient (Wildman–Crippen LogP) is 1.49. The van der Waals surface area contributed by atoms with E-state index in [1.807, 2.05) is 0 Å². The molecule has 3 heteroatoms. The van der Waals surface area contributed by atoms with Crippen LogP contribution in [0, 0.1) is 0 Å². The summed E-state index contributed by atoms with van der Waals surface area (Å²) in [6.45, 7) is 9.05. The zero-order valence-electron chi connectivity index (χ0n) is 10.5. The minimum atomic E-state index is 0.507. The smallest absolute Gasteiger partial charge is 0.0615 e. The van der Waals surface area contributed by atoms with Gasteiger partial charge in [0.25, 0.3) is 0 Å². The summed E-state index contributed by atoms with van der Waals surface area (Å²) in [5.74, 6) is 0. The van der Waals surface area contributed by atoms with Gasteiger partial charge < -0.3 is 15.0 Å². The van der Waals surface area contributed by atoms with Crippen LogP contribution in [0.15, 0.2) is 0 Å². The number of ether oxygens (including phenoxy) is 1. The maximum Gasteiger partial charge on any atom is 0.0615 e. The monoisotopic (exact) mass is 214 g/mol. The topological polar surface area (TPSA) is 24.5 Å². The van der Waals surface area contributed by atoms with Gasteiger partial charge in [-0.3, -0.25) is 0 Å². The second-order valence-corrected chi connectivity index (χ2v) is 4.64. The van der Waals surface area contributed by atoms with Gasteiger partial charge >= 0.3 is 0 Å². The first-order valence-electron chi connectivity index (χ1n) is 6.23. The van der Waals surface area contributed by atoms with Crippen LogP contribution in [0.1, 0.15) is 33.1 Å². The van der Waals surface area contributed by atoms with Crippen LogP contribution in [-0.2, 0) is 4.74 Å². The van der Waals surface area contributed by atoms with Gasteiger partial charge in [-0.2, -0.15) is 0 Å². The van der Waals surface area contributed by atoms with E-state index in [9.17, 15) is 0 Å². The van der Waals surface area contributed by atoms with Gasteiger partial charge in [0.2, 0.25) is 0 Å². The van der Waals surface area contributed by atoms with E-state index >= 15 is 0 Å². The highest BCUT2D eigenvalue weighted by Crippen LogP contribution is 2.08. The van der Waals surface area contributed by atoms with Gasteiger partial charge in [0.1, 0.15) is 0 Å². The number of nitrogens with one attached hydrogen (secondary N) is 1. The Kier molecular flexibility index (Phi) is 6.22. The second kappa shape index (κ2) is 7.20. The van der Waals surface area contributed by atoms with E-state index in [1.165, 1.54) is 32.5 Å². The van der Waals surface area contributed by atoms with Crippen molar-refractivity contribution in [2.75, 3.05) is 33.4 Å². The molecule has 1 rings (SSSR count). The molecule has 1 saturated heterocycles. The first-order valence-corrected chi connectivity index (χ1v) is 6.23. The van der Waals surface area contributed by atoms with Crippen molar-refractivity contribution in [3.8, 4) is 0 Å². The number of likely N-dealkylation sites (tertiary alicyclic amines) is 1. The molecule has 0 aromatic carbocycles. The zero-order valence-corrected chi connectivity index (χ0v) is 10.5. The maximum atomic E-state index is 5.19. The van der Waals surface area contributed by atoms with Gasteiger partial charge in [0.05, 0.1) is 6.61 Å². The molecule has 1 fully saturated rings. The third-order valence-electron chi connectivity index (χ3n) is 3.11. The van der Waals surface area contributed by atoms with Crippen LogP contribution in [0.3, 0.4) is 0 Å². The fourth-order valence-corrected chi connectivity index (χ4v) is 2.29. The first kappa shape index (κ1) is 12.9. The van der Waals surface area contributed by atoms with E-state index < -0.39 is 0 Å². The molecule has 2 atom stereocenters. The van der Waals surface area contributed by atoms with Crippen LogP contribution < -0.4 is 5.32 Å². The molecule has 90 valence electrons. The van der Waals surface area contributed by atoms with E-state index in [2.05, 4.69) is 24.1 Å². The largest absolute Gasteiger partial charge is 0.383 e. The number of hydrogen-bond donors (Lipinski definition) is 1. The Morgan fingerprint density at radius 3 is 2.53 bits per heavy atom. The third kappa shape index (κ3) is 4.96. The summed E-state index contributed by atoms with van der Waals surface area (Å²) in [7, 11) is 1.77. The van der Waals surface area contributed by atoms with Crippen LogP contribution in [0.2, 0.25) is 0 Å². The van der Waals surface area contributed by atoms with Crippen LogP contribution >= 0.6 is 0 Å². The van der Waals surface area contributed by atoms with Crippen molar-refractivity contribution < 1.29 is 4.74 Å². The van der Waals surface area contributed by atoms with Gasteiger partial charge in [0.15, 0.2) is 0 Å². The molecule has 0 amide bonds. The molecule has 0 spiro atoms. The standard InChI is InChI=1S/C12H26N2O/c1-4-12(10-15-3)13-11(2)9-14-7-5-6-8-14/h11-13H,4-10H2,1-3H3. The molecule has 1 aliphatic rings. The summed E-state index contributed by atoms with van der Waals surface area (Å²) in [6.07, 6.45) is 3.89. The van der Waals surface area contributed by atoms with Gasteiger partial charge in [0, 0.05) is 25.7 Å². The van der Waals surface area contributed by atoms with E-state index in [0.717, 1.165) is 13.0 Å².